The highest BCUT2D eigenvalue weighted by atomic mass is 79.9. The topological polar surface area (TPSA) is 49.4 Å². The largest absolute Gasteiger partial charge is 0.354 e. The molecule has 110 valence electrons. The van der Waals surface area contributed by atoms with Crippen molar-refractivity contribution in [2.45, 2.75) is 13.8 Å². The molecule has 2 amide bonds. The smallest absolute Gasteiger partial charge is 0.255 e. The minimum atomic E-state index is -0.281. The molecule has 0 saturated carbocycles. The minimum Gasteiger partial charge on any atom is -0.354 e. The summed E-state index contributed by atoms with van der Waals surface area (Å²) in [4.78, 5) is 25.3. The van der Waals surface area contributed by atoms with Gasteiger partial charge in [0.05, 0.1) is 17.1 Å². The molecule has 0 fully saturated rings. The van der Waals surface area contributed by atoms with Gasteiger partial charge < -0.3 is 10.2 Å². The fourth-order valence-electron chi connectivity index (χ4n) is 1.53. The molecule has 0 aliphatic rings. The zero-order valence-electron chi connectivity index (χ0n) is 11.7. The molecule has 1 rings (SSSR count). The molecule has 1 aromatic carbocycles. The van der Waals surface area contributed by atoms with Gasteiger partial charge in [-0.2, -0.15) is 0 Å². The number of likely N-dealkylation sites (N-methyl/N-ethyl adjacent to an activating group) is 1. The van der Waals surface area contributed by atoms with Crippen molar-refractivity contribution in [2.75, 3.05) is 20.1 Å². The van der Waals surface area contributed by atoms with Gasteiger partial charge in [-0.3, -0.25) is 9.59 Å². The molecule has 0 atom stereocenters. The maximum absolute atomic E-state index is 12.2. The van der Waals surface area contributed by atoms with Crippen LogP contribution in [0.25, 0.3) is 0 Å². The lowest BCUT2D eigenvalue weighted by Crippen LogP contribution is -2.39. The van der Waals surface area contributed by atoms with Crippen molar-refractivity contribution in [1.82, 2.24) is 10.2 Å². The lowest BCUT2D eigenvalue weighted by molar-refractivity contribution is -0.121. The van der Waals surface area contributed by atoms with Gasteiger partial charge in [-0.25, -0.2) is 0 Å². The molecule has 0 spiro atoms. The standard InChI is InChI=1S/C14H18BrClN2O2/c1-9(2)7-17-13(19)8-18(3)14(20)11-6-10(15)4-5-12(11)16/h4-6,9H,7-8H2,1-3H3,(H,17,19). The number of halogens is 2. The van der Waals surface area contributed by atoms with Crippen molar-refractivity contribution in [3.05, 3.63) is 33.3 Å². The SMILES string of the molecule is CC(C)CNC(=O)CN(C)C(=O)c1cc(Br)ccc1Cl. The van der Waals surface area contributed by atoms with Gasteiger partial charge >= 0.3 is 0 Å². The molecule has 0 aliphatic heterocycles. The molecule has 0 heterocycles. The number of hydrogen-bond acceptors (Lipinski definition) is 2. The van der Waals surface area contributed by atoms with Crippen molar-refractivity contribution in [3.8, 4) is 0 Å². The van der Waals surface area contributed by atoms with E-state index in [1.54, 1.807) is 25.2 Å². The summed E-state index contributed by atoms with van der Waals surface area (Å²) in [6, 6.07) is 5.05. The van der Waals surface area contributed by atoms with Gasteiger partial charge in [-0.15, -0.1) is 0 Å². The average Bonchev–Trinajstić information content (AvgIpc) is 2.38. The van der Waals surface area contributed by atoms with Gasteiger partial charge in [0, 0.05) is 18.1 Å². The van der Waals surface area contributed by atoms with Gasteiger partial charge in [0.25, 0.3) is 5.91 Å². The van der Waals surface area contributed by atoms with Crippen LogP contribution in [0.5, 0.6) is 0 Å². The number of carbonyl (C=O) groups is 2. The summed E-state index contributed by atoms with van der Waals surface area (Å²) in [5, 5.41) is 3.14. The summed E-state index contributed by atoms with van der Waals surface area (Å²) in [6.45, 7) is 4.62. The molecule has 0 aromatic heterocycles. The van der Waals surface area contributed by atoms with E-state index in [0.29, 0.717) is 23.0 Å². The van der Waals surface area contributed by atoms with Crippen molar-refractivity contribution < 1.29 is 9.59 Å². The Morgan fingerprint density at radius 1 is 1.40 bits per heavy atom. The highest BCUT2D eigenvalue weighted by Gasteiger charge is 2.17. The third-order valence-electron chi connectivity index (χ3n) is 2.59. The summed E-state index contributed by atoms with van der Waals surface area (Å²) in [5.74, 6) is -0.0869. The van der Waals surface area contributed by atoms with E-state index >= 15 is 0 Å². The normalized spacial score (nSPS) is 10.5. The second-order valence-electron chi connectivity index (χ2n) is 4.98. The Kier molecular flexibility index (Phi) is 6.49. The second-order valence-corrected chi connectivity index (χ2v) is 6.31. The lowest BCUT2D eigenvalue weighted by atomic mass is 10.2. The van der Waals surface area contributed by atoms with E-state index in [1.165, 1.54) is 4.90 Å². The van der Waals surface area contributed by atoms with Crippen LogP contribution in [0.3, 0.4) is 0 Å². The number of rotatable bonds is 5. The van der Waals surface area contributed by atoms with Gasteiger partial charge in [0.15, 0.2) is 0 Å². The van der Waals surface area contributed by atoms with Crippen LogP contribution >= 0.6 is 27.5 Å². The number of nitrogens with one attached hydrogen (secondary N) is 1. The quantitative estimate of drug-likeness (QED) is 0.876. The highest BCUT2D eigenvalue weighted by Crippen LogP contribution is 2.22. The first kappa shape index (κ1) is 17.0. The molecule has 0 aliphatic carbocycles. The molecule has 20 heavy (non-hydrogen) atoms. The van der Waals surface area contributed by atoms with Crippen LogP contribution in [-0.4, -0.2) is 36.9 Å². The van der Waals surface area contributed by atoms with E-state index in [2.05, 4.69) is 21.2 Å². The van der Waals surface area contributed by atoms with Crippen LogP contribution in [0, 0.1) is 5.92 Å². The number of hydrogen-bond donors (Lipinski definition) is 1. The molecule has 4 nitrogen and oxygen atoms in total. The molecular weight excluding hydrogens is 344 g/mol. The van der Waals surface area contributed by atoms with E-state index in [4.69, 9.17) is 11.6 Å². The molecule has 0 saturated heterocycles. The Morgan fingerprint density at radius 3 is 2.65 bits per heavy atom. The Balaban J connectivity index is 2.67. The number of amides is 2. The average molecular weight is 362 g/mol. The van der Waals surface area contributed by atoms with Gasteiger partial charge in [0.1, 0.15) is 0 Å². The van der Waals surface area contributed by atoms with Gasteiger partial charge in [0.2, 0.25) is 5.91 Å². The molecule has 0 unspecified atom stereocenters. The van der Waals surface area contributed by atoms with Crippen LogP contribution < -0.4 is 5.32 Å². The monoisotopic (exact) mass is 360 g/mol. The van der Waals surface area contributed by atoms with E-state index < -0.39 is 0 Å². The lowest BCUT2D eigenvalue weighted by Gasteiger charge is -2.18. The first-order chi connectivity index (χ1) is 9.31. The predicted octanol–water partition coefficient (Wildman–Crippen LogP) is 2.95. The molecule has 1 aromatic rings. The Labute approximate surface area is 132 Å². The number of benzene rings is 1. The number of nitrogens with zero attached hydrogens (tertiary/aromatic N) is 1. The fraction of sp³-hybridized carbons (Fsp3) is 0.429. The van der Waals surface area contributed by atoms with Crippen LogP contribution in [0.15, 0.2) is 22.7 Å². The van der Waals surface area contributed by atoms with Crippen LogP contribution in [0.4, 0.5) is 0 Å². The van der Waals surface area contributed by atoms with E-state index in [-0.39, 0.29) is 18.4 Å². The molecule has 6 heteroatoms. The summed E-state index contributed by atoms with van der Waals surface area (Å²) < 4.78 is 0.767. The molecular formula is C14H18BrClN2O2. The van der Waals surface area contributed by atoms with Crippen molar-refractivity contribution >= 4 is 39.3 Å². The van der Waals surface area contributed by atoms with Crippen molar-refractivity contribution in [2.24, 2.45) is 5.92 Å². The van der Waals surface area contributed by atoms with Crippen LogP contribution in [0.2, 0.25) is 5.02 Å². The van der Waals surface area contributed by atoms with Crippen molar-refractivity contribution in [3.63, 3.8) is 0 Å². The molecule has 1 N–H and O–H groups in total. The van der Waals surface area contributed by atoms with Crippen LogP contribution in [-0.2, 0) is 4.79 Å². The number of carbonyl (C=O) groups excluding carboxylic acids is 2. The Morgan fingerprint density at radius 2 is 2.05 bits per heavy atom. The third kappa shape index (κ3) is 5.13. The maximum atomic E-state index is 12.2. The Hall–Kier alpha value is -1.07. The third-order valence-corrected chi connectivity index (χ3v) is 3.42. The van der Waals surface area contributed by atoms with E-state index in [1.807, 2.05) is 13.8 Å². The maximum Gasteiger partial charge on any atom is 0.255 e. The van der Waals surface area contributed by atoms with Crippen LogP contribution in [0.1, 0.15) is 24.2 Å². The predicted molar refractivity (Wildman–Crippen MR) is 84.0 cm³/mol. The van der Waals surface area contributed by atoms with E-state index in [9.17, 15) is 9.59 Å². The minimum absolute atomic E-state index is 0.00833. The van der Waals surface area contributed by atoms with Crippen molar-refractivity contribution in [1.29, 1.82) is 0 Å². The van der Waals surface area contributed by atoms with Gasteiger partial charge in [-0.05, 0) is 24.1 Å². The van der Waals surface area contributed by atoms with Gasteiger partial charge in [-0.1, -0.05) is 41.4 Å². The fourth-order valence-corrected chi connectivity index (χ4v) is 2.09. The first-order valence-corrected chi connectivity index (χ1v) is 7.45. The Bertz CT molecular complexity index is 506. The molecule has 0 radical (unpaired) electrons. The first-order valence-electron chi connectivity index (χ1n) is 6.28. The highest BCUT2D eigenvalue weighted by molar-refractivity contribution is 9.10. The summed E-state index contributed by atoms with van der Waals surface area (Å²) >= 11 is 9.30. The van der Waals surface area contributed by atoms with E-state index in [0.717, 1.165) is 4.47 Å². The zero-order chi connectivity index (χ0) is 15.3. The second kappa shape index (κ2) is 7.64. The summed E-state index contributed by atoms with van der Waals surface area (Å²) in [7, 11) is 1.58. The summed E-state index contributed by atoms with van der Waals surface area (Å²) in [5.41, 5.74) is 0.375. The molecule has 0 bridgehead atoms. The zero-order valence-corrected chi connectivity index (χ0v) is 14.1. The summed E-state index contributed by atoms with van der Waals surface area (Å²) in [6.07, 6.45) is 0.